The fraction of sp³-hybridized carbons (Fsp3) is 0.100. The molecule has 0 radical (unpaired) electrons. The van der Waals surface area contributed by atoms with E-state index in [0.717, 1.165) is 11.3 Å². The van der Waals surface area contributed by atoms with E-state index >= 15 is 0 Å². The molecule has 0 aliphatic rings. The van der Waals surface area contributed by atoms with Crippen LogP contribution < -0.4 is 0 Å². The summed E-state index contributed by atoms with van der Waals surface area (Å²) in [5, 5.41) is 0.388. The summed E-state index contributed by atoms with van der Waals surface area (Å²) < 4.78 is 0. The maximum Gasteiger partial charge on any atom is 0.145 e. The molecule has 0 saturated heterocycles. The number of hydrogen-bond acceptors (Lipinski definition) is 3. The Morgan fingerprint density at radius 1 is 1.27 bits per heavy atom. The van der Waals surface area contributed by atoms with Gasteiger partial charge in [0.15, 0.2) is 0 Å². The summed E-state index contributed by atoms with van der Waals surface area (Å²) in [5.74, 6) is 0.761. The zero-order valence-corrected chi connectivity index (χ0v) is 9.20. The van der Waals surface area contributed by atoms with Gasteiger partial charge in [-0.25, -0.2) is 9.97 Å². The van der Waals surface area contributed by atoms with Gasteiger partial charge in [-0.3, -0.25) is 4.98 Å². The van der Waals surface area contributed by atoms with E-state index in [4.69, 9.17) is 23.2 Å². The highest BCUT2D eigenvalue weighted by atomic mass is 35.5. The molecule has 0 saturated carbocycles. The lowest BCUT2D eigenvalue weighted by Gasteiger charge is -2.02. The SMILES string of the molecule is ClCc1nc(Cl)cc(-c2cccnc2)n1. The largest absolute Gasteiger partial charge is 0.264 e. The predicted octanol–water partition coefficient (Wildman–Crippen LogP) is 2.93. The molecule has 0 atom stereocenters. The molecule has 0 aliphatic heterocycles. The first-order valence-electron chi connectivity index (χ1n) is 4.29. The van der Waals surface area contributed by atoms with Crippen LogP contribution in [-0.2, 0) is 5.88 Å². The average Bonchev–Trinajstić information content (AvgIpc) is 2.29. The molecule has 3 nitrogen and oxygen atoms in total. The van der Waals surface area contributed by atoms with Gasteiger partial charge in [0.1, 0.15) is 11.0 Å². The summed E-state index contributed by atoms with van der Waals surface area (Å²) in [7, 11) is 0. The molecule has 5 heteroatoms. The van der Waals surface area contributed by atoms with Crippen LogP contribution in [0.2, 0.25) is 5.15 Å². The number of pyridine rings is 1. The van der Waals surface area contributed by atoms with Crippen molar-refractivity contribution in [1.29, 1.82) is 0 Å². The van der Waals surface area contributed by atoms with Gasteiger partial charge >= 0.3 is 0 Å². The molecule has 2 heterocycles. The monoisotopic (exact) mass is 239 g/mol. The first-order chi connectivity index (χ1) is 7.29. The van der Waals surface area contributed by atoms with E-state index in [2.05, 4.69) is 15.0 Å². The molecule has 2 aromatic heterocycles. The van der Waals surface area contributed by atoms with Crippen molar-refractivity contribution in [2.24, 2.45) is 0 Å². The molecule has 0 N–H and O–H groups in total. The van der Waals surface area contributed by atoms with Crippen molar-refractivity contribution in [3.8, 4) is 11.3 Å². The summed E-state index contributed by atoms with van der Waals surface area (Å²) >= 11 is 11.5. The summed E-state index contributed by atoms with van der Waals surface area (Å²) in [6.07, 6.45) is 3.42. The second-order valence-corrected chi connectivity index (χ2v) is 3.52. The zero-order chi connectivity index (χ0) is 10.7. The highest BCUT2D eigenvalue weighted by molar-refractivity contribution is 6.29. The van der Waals surface area contributed by atoms with E-state index in [-0.39, 0.29) is 5.88 Å². The second-order valence-electron chi connectivity index (χ2n) is 2.87. The van der Waals surface area contributed by atoms with Gasteiger partial charge in [-0.05, 0) is 12.1 Å². The Morgan fingerprint density at radius 3 is 2.80 bits per heavy atom. The lowest BCUT2D eigenvalue weighted by atomic mass is 10.2. The average molecular weight is 240 g/mol. The lowest BCUT2D eigenvalue weighted by molar-refractivity contribution is 1.03. The number of aromatic nitrogens is 3. The van der Waals surface area contributed by atoms with E-state index < -0.39 is 0 Å². The van der Waals surface area contributed by atoms with E-state index in [1.165, 1.54) is 0 Å². The first-order valence-corrected chi connectivity index (χ1v) is 5.20. The maximum absolute atomic E-state index is 5.85. The van der Waals surface area contributed by atoms with Gasteiger partial charge in [-0.2, -0.15) is 0 Å². The van der Waals surface area contributed by atoms with Crippen molar-refractivity contribution in [1.82, 2.24) is 15.0 Å². The second kappa shape index (κ2) is 4.55. The Morgan fingerprint density at radius 2 is 2.13 bits per heavy atom. The number of alkyl halides is 1. The standard InChI is InChI=1S/C10H7Cl2N3/c11-5-10-14-8(4-9(12)15-10)7-2-1-3-13-6-7/h1-4,6H,5H2. The molecule has 0 unspecified atom stereocenters. The van der Waals surface area contributed by atoms with Crippen LogP contribution in [0.3, 0.4) is 0 Å². The maximum atomic E-state index is 5.85. The van der Waals surface area contributed by atoms with Gasteiger partial charge < -0.3 is 0 Å². The highest BCUT2D eigenvalue weighted by Gasteiger charge is 2.04. The van der Waals surface area contributed by atoms with Crippen LogP contribution >= 0.6 is 23.2 Å². The Labute approximate surface area is 97.1 Å². The molecule has 0 aliphatic carbocycles. The van der Waals surface area contributed by atoms with Crippen molar-refractivity contribution >= 4 is 23.2 Å². The van der Waals surface area contributed by atoms with E-state index in [9.17, 15) is 0 Å². The fourth-order valence-corrected chi connectivity index (χ4v) is 1.51. The fourth-order valence-electron chi connectivity index (χ4n) is 1.19. The summed E-state index contributed by atoms with van der Waals surface area (Å²) in [5.41, 5.74) is 1.63. The molecule has 0 aromatic carbocycles. The predicted molar refractivity (Wildman–Crippen MR) is 59.8 cm³/mol. The molecule has 0 spiro atoms. The molecule has 76 valence electrons. The van der Waals surface area contributed by atoms with Crippen molar-refractivity contribution in [2.45, 2.75) is 5.88 Å². The van der Waals surface area contributed by atoms with Crippen LogP contribution in [-0.4, -0.2) is 15.0 Å². The molecule has 0 fully saturated rings. The van der Waals surface area contributed by atoms with Gasteiger partial charge in [0, 0.05) is 24.0 Å². The smallest absolute Gasteiger partial charge is 0.145 e. The zero-order valence-electron chi connectivity index (χ0n) is 7.69. The Kier molecular flexibility index (Phi) is 3.14. The van der Waals surface area contributed by atoms with Crippen molar-refractivity contribution in [3.05, 3.63) is 41.6 Å². The van der Waals surface area contributed by atoms with Gasteiger partial charge in [0.2, 0.25) is 0 Å². The van der Waals surface area contributed by atoms with E-state index in [0.29, 0.717) is 11.0 Å². The number of hydrogen-bond donors (Lipinski definition) is 0. The molecular formula is C10H7Cl2N3. The topological polar surface area (TPSA) is 38.7 Å². The van der Waals surface area contributed by atoms with Crippen LogP contribution in [0.4, 0.5) is 0 Å². The van der Waals surface area contributed by atoms with Crippen molar-refractivity contribution in [2.75, 3.05) is 0 Å². The molecular weight excluding hydrogens is 233 g/mol. The van der Waals surface area contributed by atoms with Gasteiger partial charge in [0.05, 0.1) is 11.6 Å². The van der Waals surface area contributed by atoms with Crippen LogP contribution in [0.5, 0.6) is 0 Å². The van der Waals surface area contributed by atoms with Crippen LogP contribution in [0.15, 0.2) is 30.6 Å². The quantitative estimate of drug-likeness (QED) is 0.598. The van der Waals surface area contributed by atoms with Gasteiger partial charge in [-0.15, -0.1) is 11.6 Å². The van der Waals surface area contributed by atoms with Crippen LogP contribution in [0.25, 0.3) is 11.3 Å². The Bertz CT molecular complexity index is 459. The van der Waals surface area contributed by atoms with Gasteiger partial charge in [0.25, 0.3) is 0 Å². The lowest BCUT2D eigenvalue weighted by Crippen LogP contribution is -1.94. The third kappa shape index (κ3) is 2.43. The van der Waals surface area contributed by atoms with Crippen LogP contribution in [0, 0.1) is 0 Å². The minimum absolute atomic E-state index is 0.244. The number of rotatable bonds is 2. The van der Waals surface area contributed by atoms with E-state index in [1.807, 2.05) is 12.1 Å². The Hall–Kier alpha value is -1.19. The van der Waals surface area contributed by atoms with Crippen molar-refractivity contribution in [3.63, 3.8) is 0 Å². The number of halogens is 2. The molecule has 0 amide bonds. The molecule has 2 rings (SSSR count). The van der Waals surface area contributed by atoms with E-state index in [1.54, 1.807) is 18.5 Å². The first kappa shape index (κ1) is 10.3. The minimum Gasteiger partial charge on any atom is -0.264 e. The minimum atomic E-state index is 0.244. The third-order valence-electron chi connectivity index (χ3n) is 1.82. The molecule has 0 bridgehead atoms. The summed E-state index contributed by atoms with van der Waals surface area (Å²) in [4.78, 5) is 12.2. The highest BCUT2D eigenvalue weighted by Crippen LogP contribution is 2.19. The van der Waals surface area contributed by atoms with Crippen molar-refractivity contribution < 1.29 is 0 Å². The number of nitrogens with zero attached hydrogens (tertiary/aromatic N) is 3. The molecule has 2 aromatic rings. The third-order valence-corrected chi connectivity index (χ3v) is 2.25. The van der Waals surface area contributed by atoms with Gasteiger partial charge in [-0.1, -0.05) is 11.6 Å². The molecule has 15 heavy (non-hydrogen) atoms. The summed E-state index contributed by atoms with van der Waals surface area (Å²) in [6, 6.07) is 5.43. The van der Waals surface area contributed by atoms with Crippen LogP contribution in [0.1, 0.15) is 5.82 Å². The summed E-state index contributed by atoms with van der Waals surface area (Å²) in [6.45, 7) is 0. The Balaban J connectivity index is 2.49. The normalized spacial score (nSPS) is 10.3.